The first kappa shape index (κ1) is 21.6. The Balaban J connectivity index is 1.46. The standard InChI is InChI=1S/C26H26N6O2/c1-26(2,3)23-12-21(30-34-23)24(25(27)33)16-5-8-19(9-6-16)32-15-28-20-11-17(7-10-22(20)32)18-13-29-31(4)14-18/h5-15,24H,1-4H3,(H2,27,33). The zero-order valence-corrected chi connectivity index (χ0v) is 19.6. The van der Waals surface area contributed by atoms with E-state index in [1.165, 1.54) is 0 Å². The summed E-state index contributed by atoms with van der Waals surface area (Å²) in [6, 6.07) is 15.7. The molecule has 2 N–H and O–H groups in total. The summed E-state index contributed by atoms with van der Waals surface area (Å²) in [6.07, 6.45) is 5.61. The van der Waals surface area contributed by atoms with Gasteiger partial charge in [-0.2, -0.15) is 5.10 Å². The highest BCUT2D eigenvalue weighted by Crippen LogP contribution is 2.30. The second kappa shape index (κ2) is 7.98. The number of aryl methyl sites for hydroxylation is 1. The Morgan fingerprint density at radius 3 is 2.44 bits per heavy atom. The lowest BCUT2D eigenvalue weighted by Gasteiger charge is -2.13. The summed E-state index contributed by atoms with van der Waals surface area (Å²) in [7, 11) is 1.90. The molecule has 5 aromatic rings. The number of hydrogen-bond donors (Lipinski definition) is 1. The molecule has 0 aliphatic heterocycles. The number of benzene rings is 2. The molecule has 0 bridgehead atoms. The number of carbonyl (C=O) groups excluding carboxylic acids is 1. The number of nitrogens with zero attached hydrogens (tertiary/aromatic N) is 5. The predicted octanol–water partition coefficient (Wildman–Crippen LogP) is 4.33. The second-order valence-corrected chi connectivity index (χ2v) is 9.51. The molecule has 1 unspecified atom stereocenters. The Kier molecular flexibility index (Phi) is 5.08. The van der Waals surface area contributed by atoms with Crippen molar-refractivity contribution in [1.29, 1.82) is 0 Å². The summed E-state index contributed by atoms with van der Waals surface area (Å²) in [5.74, 6) is -0.450. The van der Waals surface area contributed by atoms with Crippen LogP contribution in [0.3, 0.4) is 0 Å². The van der Waals surface area contributed by atoms with E-state index in [0.717, 1.165) is 33.4 Å². The predicted molar refractivity (Wildman–Crippen MR) is 130 cm³/mol. The van der Waals surface area contributed by atoms with Gasteiger partial charge in [-0.15, -0.1) is 0 Å². The van der Waals surface area contributed by atoms with Crippen LogP contribution in [0.5, 0.6) is 0 Å². The van der Waals surface area contributed by atoms with Crippen molar-refractivity contribution in [2.75, 3.05) is 0 Å². The van der Waals surface area contributed by atoms with Crippen molar-refractivity contribution in [2.24, 2.45) is 12.8 Å². The topological polar surface area (TPSA) is 105 Å². The summed E-state index contributed by atoms with van der Waals surface area (Å²) in [5, 5.41) is 8.38. The van der Waals surface area contributed by atoms with Crippen molar-refractivity contribution >= 4 is 16.9 Å². The molecular formula is C26H26N6O2. The third-order valence-corrected chi connectivity index (χ3v) is 5.94. The fourth-order valence-corrected chi connectivity index (χ4v) is 4.05. The number of fused-ring (bicyclic) bond motifs is 1. The molecule has 0 radical (unpaired) electrons. The maximum atomic E-state index is 12.3. The number of primary amides is 1. The highest BCUT2D eigenvalue weighted by atomic mass is 16.5. The zero-order valence-electron chi connectivity index (χ0n) is 19.6. The Morgan fingerprint density at radius 1 is 1.06 bits per heavy atom. The average molecular weight is 455 g/mol. The van der Waals surface area contributed by atoms with Gasteiger partial charge in [0.1, 0.15) is 23.7 Å². The number of carbonyl (C=O) groups is 1. The maximum Gasteiger partial charge on any atom is 0.231 e. The molecule has 2 aromatic carbocycles. The molecule has 8 heteroatoms. The van der Waals surface area contributed by atoms with Crippen LogP contribution in [0.2, 0.25) is 0 Å². The summed E-state index contributed by atoms with van der Waals surface area (Å²) in [5.41, 5.74) is 11.7. The lowest BCUT2D eigenvalue weighted by Crippen LogP contribution is -2.22. The monoisotopic (exact) mass is 454 g/mol. The quantitative estimate of drug-likeness (QED) is 0.426. The van der Waals surface area contributed by atoms with E-state index in [9.17, 15) is 4.79 Å². The molecule has 0 aliphatic rings. The van der Waals surface area contributed by atoms with Crippen LogP contribution in [0.25, 0.3) is 27.8 Å². The average Bonchev–Trinajstić information content (AvgIpc) is 3.53. The van der Waals surface area contributed by atoms with Gasteiger partial charge < -0.3 is 10.3 Å². The van der Waals surface area contributed by atoms with E-state index in [0.29, 0.717) is 11.5 Å². The van der Waals surface area contributed by atoms with E-state index >= 15 is 0 Å². The molecule has 0 aliphatic carbocycles. The molecule has 0 saturated carbocycles. The fourth-order valence-electron chi connectivity index (χ4n) is 4.05. The maximum absolute atomic E-state index is 12.3. The largest absolute Gasteiger partial charge is 0.369 e. The van der Waals surface area contributed by atoms with Gasteiger partial charge in [0, 0.05) is 36.0 Å². The van der Waals surface area contributed by atoms with E-state index in [1.807, 2.05) is 81.2 Å². The lowest BCUT2D eigenvalue weighted by atomic mass is 9.90. The van der Waals surface area contributed by atoms with Gasteiger partial charge in [0.15, 0.2) is 0 Å². The molecule has 34 heavy (non-hydrogen) atoms. The van der Waals surface area contributed by atoms with Gasteiger partial charge in [0.05, 0.1) is 17.2 Å². The van der Waals surface area contributed by atoms with Gasteiger partial charge in [0.25, 0.3) is 0 Å². The number of nitrogens with two attached hydrogens (primary N) is 1. The minimum Gasteiger partial charge on any atom is -0.369 e. The minimum absolute atomic E-state index is 0.212. The summed E-state index contributed by atoms with van der Waals surface area (Å²) in [6.45, 7) is 6.08. The highest BCUT2D eigenvalue weighted by Gasteiger charge is 2.27. The van der Waals surface area contributed by atoms with E-state index in [2.05, 4.69) is 27.4 Å². The molecule has 0 saturated heterocycles. The zero-order chi connectivity index (χ0) is 24.0. The SMILES string of the molecule is Cn1cc(-c2ccc3c(c2)ncn3-c2ccc(C(C(N)=O)c3cc(C(C)(C)C)on3)cc2)cn1. The first-order valence-corrected chi connectivity index (χ1v) is 11.0. The van der Waals surface area contributed by atoms with Crippen molar-refractivity contribution in [3.8, 4) is 16.8 Å². The van der Waals surface area contributed by atoms with Crippen molar-refractivity contribution in [3.63, 3.8) is 0 Å². The van der Waals surface area contributed by atoms with E-state index in [1.54, 1.807) is 11.0 Å². The van der Waals surface area contributed by atoms with Gasteiger partial charge in [-0.1, -0.05) is 44.1 Å². The highest BCUT2D eigenvalue weighted by molar-refractivity contribution is 5.85. The number of rotatable bonds is 5. The summed E-state index contributed by atoms with van der Waals surface area (Å²) < 4.78 is 9.27. The Labute approximate surface area is 197 Å². The van der Waals surface area contributed by atoms with Crippen LogP contribution in [0.15, 0.2) is 71.8 Å². The molecule has 1 atom stereocenters. The van der Waals surface area contributed by atoms with E-state index < -0.39 is 11.8 Å². The Hall–Kier alpha value is -4.20. The number of hydrogen-bond acceptors (Lipinski definition) is 5. The van der Waals surface area contributed by atoms with Crippen molar-refractivity contribution in [1.82, 2.24) is 24.5 Å². The van der Waals surface area contributed by atoms with Crippen LogP contribution < -0.4 is 5.73 Å². The minimum atomic E-state index is -0.685. The van der Waals surface area contributed by atoms with Crippen LogP contribution in [0.4, 0.5) is 0 Å². The van der Waals surface area contributed by atoms with Crippen molar-refractivity contribution < 1.29 is 9.32 Å². The molecule has 3 aromatic heterocycles. The van der Waals surface area contributed by atoms with Crippen LogP contribution in [-0.2, 0) is 17.3 Å². The first-order chi connectivity index (χ1) is 16.2. The molecule has 0 fully saturated rings. The van der Waals surface area contributed by atoms with Crippen molar-refractivity contribution in [3.05, 3.63) is 84.3 Å². The molecule has 3 heterocycles. The number of imidazole rings is 1. The normalized spacial score (nSPS) is 12.8. The third kappa shape index (κ3) is 3.87. The fraction of sp³-hybridized carbons (Fsp3) is 0.231. The first-order valence-electron chi connectivity index (χ1n) is 11.0. The third-order valence-electron chi connectivity index (χ3n) is 5.94. The number of aromatic nitrogens is 5. The second-order valence-electron chi connectivity index (χ2n) is 9.51. The van der Waals surface area contributed by atoms with E-state index in [4.69, 9.17) is 10.3 Å². The van der Waals surface area contributed by atoms with Gasteiger partial charge in [0.2, 0.25) is 5.91 Å². The Bertz CT molecular complexity index is 1480. The molecule has 0 spiro atoms. The lowest BCUT2D eigenvalue weighted by molar-refractivity contribution is -0.118. The van der Waals surface area contributed by atoms with Crippen LogP contribution >= 0.6 is 0 Å². The van der Waals surface area contributed by atoms with E-state index in [-0.39, 0.29) is 5.41 Å². The molecule has 8 nitrogen and oxygen atoms in total. The molecule has 172 valence electrons. The molecular weight excluding hydrogens is 428 g/mol. The van der Waals surface area contributed by atoms with Gasteiger partial charge in [-0.25, -0.2) is 4.98 Å². The summed E-state index contributed by atoms with van der Waals surface area (Å²) >= 11 is 0. The van der Waals surface area contributed by atoms with Crippen LogP contribution in [-0.4, -0.2) is 30.4 Å². The molecule has 1 amide bonds. The van der Waals surface area contributed by atoms with Gasteiger partial charge in [-0.05, 0) is 35.4 Å². The Morgan fingerprint density at radius 2 is 1.82 bits per heavy atom. The van der Waals surface area contributed by atoms with Crippen molar-refractivity contribution in [2.45, 2.75) is 32.1 Å². The van der Waals surface area contributed by atoms with Crippen LogP contribution in [0, 0.1) is 0 Å². The molecule has 5 rings (SSSR count). The number of amides is 1. The van der Waals surface area contributed by atoms with Crippen LogP contribution in [0.1, 0.15) is 43.7 Å². The summed E-state index contributed by atoms with van der Waals surface area (Å²) in [4.78, 5) is 16.9. The van der Waals surface area contributed by atoms with Gasteiger partial charge >= 0.3 is 0 Å². The smallest absolute Gasteiger partial charge is 0.231 e. The van der Waals surface area contributed by atoms with Gasteiger partial charge in [-0.3, -0.25) is 14.0 Å².